The average Bonchev–Trinajstić information content (AvgIpc) is 2.40. The second-order valence-corrected chi connectivity index (χ2v) is 6.29. The van der Waals surface area contributed by atoms with Gasteiger partial charge in [0.1, 0.15) is 6.07 Å². The molecule has 0 saturated carbocycles. The standard InChI is InChI=1S/C16H24N2S/c1-4-8-18-12-14-5-6-16(15(10-14)11-17)19-9-7-13(2)3/h5-6,10,13,18H,4,7-9,12H2,1-3H3. The summed E-state index contributed by atoms with van der Waals surface area (Å²) in [4.78, 5) is 1.11. The number of benzene rings is 1. The maximum Gasteiger partial charge on any atom is 0.100 e. The molecule has 104 valence electrons. The van der Waals surface area contributed by atoms with E-state index in [0.717, 1.165) is 41.6 Å². The largest absolute Gasteiger partial charge is 0.313 e. The van der Waals surface area contributed by atoms with Gasteiger partial charge in [0.15, 0.2) is 0 Å². The molecule has 0 aromatic heterocycles. The molecule has 0 spiro atoms. The third kappa shape index (κ3) is 6.13. The van der Waals surface area contributed by atoms with Crippen LogP contribution in [0.15, 0.2) is 23.1 Å². The molecule has 2 nitrogen and oxygen atoms in total. The van der Waals surface area contributed by atoms with Crippen molar-refractivity contribution in [3.05, 3.63) is 29.3 Å². The van der Waals surface area contributed by atoms with Crippen molar-refractivity contribution >= 4 is 11.8 Å². The lowest BCUT2D eigenvalue weighted by Crippen LogP contribution is -2.13. The minimum absolute atomic E-state index is 0.718. The van der Waals surface area contributed by atoms with Crippen LogP contribution in [-0.4, -0.2) is 12.3 Å². The van der Waals surface area contributed by atoms with Crippen molar-refractivity contribution in [1.29, 1.82) is 5.26 Å². The van der Waals surface area contributed by atoms with E-state index in [4.69, 9.17) is 0 Å². The molecular formula is C16H24N2S. The Morgan fingerprint density at radius 3 is 2.79 bits per heavy atom. The molecule has 1 N–H and O–H groups in total. The summed E-state index contributed by atoms with van der Waals surface area (Å²) in [5, 5.41) is 12.6. The Bertz CT molecular complexity index is 421. The summed E-state index contributed by atoms with van der Waals surface area (Å²) in [6, 6.07) is 8.55. The molecule has 0 unspecified atom stereocenters. The van der Waals surface area contributed by atoms with Gasteiger partial charge in [0, 0.05) is 11.4 Å². The molecule has 0 radical (unpaired) electrons. The van der Waals surface area contributed by atoms with Gasteiger partial charge in [-0.1, -0.05) is 26.8 Å². The first kappa shape index (κ1) is 16.1. The van der Waals surface area contributed by atoms with Crippen LogP contribution in [0.25, 0.3) is 0 Å². The number of hydrogen-bond acceptors (Lipinski definition) is 3. The quantitative estimate of drug-likeness (QED) is 0.571. The van der Waals surface area contributed by atoms with Gasteiger partial charge in [0.2, 0.25) is 0 Å². The van der Waals surface area contributed by atoms with Crippen molar-refractivity contribution in [3.63, 3.8) is 0 Å². The molecular weight excluding hydrogens is 252 g/mol. The highest BCUT2D eigenvalue weighted by Gasteiger charge is 2.05. The Kier molecular flexibility index (Phi) is 7.62. The Morgan fingerprint density at radius 1 is 1.37 bits per heavy atom. The van der Waals surface area contributed by atoms with Crippen molar-refractivity contribution < 1.29 is 0 Å². The number of nitrogens with one attached hydrogen (secondary N) is 1. The highest BCUT2D eigenvalue weighted by molar-refractivity contribution is 7.99. The summed E-state index contributed by atoms with van der Waals surface area (Å²) in [6.45, 7) is 8.48. The van der Waals surface area contributed by atoms with Gasteiger partial charge in [-0.05, 0) is 48.8 Å². The summed E-state index contributed by atoms with van der Waals surface area (Å²) in [5.41, 5.74) is 2.00. The van der Waals surface area contributed by atoms with Gasteiger partial charge in [0.25, 0.3) is 0 Å². The van der Waals surface area contributed by atoms with E-state index in [1.54, 1.807) is 11.8 Å². The zero-order valence-electron chi connectivity index (χ0n) is 12.2. The van der Waals surface area contributed by atoms with E-state index in [1.165, 1.54) is 12.0 Å². The summed E-state index contributed by atoms with van der Waals surface area (Å²) in [7, 11) is 0. The van der Waals surface area contributed by atoms with E-state index in [9.17, 15) is 5.26 Å². The van der Waals surface area contributed by atoms with Crippen molar-refractivity contribution in [2.45, 2.75) is 45.1 Å². The maximum atomic E-state index is 9.24. The number of hydrogen-bond donors (Lipinski definition) is 1. The lowest BCUT2D eigenvalue weighted by Gasteiger charge is -2.08. The second kappa shape index (κ2) is 9.01. The van der Waals surface area contributed by atoms with Crippen molar-refractivity contribution in [3.8, 4) is 6.07 Å². The summed E-state index contributed by atoms with van der Waals surface area (Å²) >= 11 is 1.79. The molecule has 19 heavy (non-hydrogen) atoms. The first-order valence-corrected chi connectivity index (χ1v) is 8.02. The fourth-order valence-electron chi connectivity index (χ4n) is 1.71. The van der Waals surface area contributed by atoms with E-state index in [0.29, 0.717) is 0 Å². The third-order valence-electron chi connectivity index (χ3n) is 2.87. The van der Waals surface area contributed by atoms with E-state index < -0.39 is 0 Å². The van der Waals surface area contributed by atoms with Crippen LogP contribution in [0.4, 0.5) is 0 Å². The van der Waals surface area contributed by atoms with Crippen LogP contribution in [0.5, 0.6) is 0 Å². The molecule has 1 rings (SSSR count). The van der Waals surface area contributed by atoms with Crippen LogP contribution >= 0.6 is 11.8 Å². The highest BCUT2D eigenvalue weighted by Crippen LogP contribution is 2.25. The Balaban J connectivity index is 2.60. The lowest BCUT2D eigenvalue weighted by atomic mass is 10.1. The van der Waals surface area contributed by atoms with E-state index in [-0.39, 0.29) is 0 Å². The van der Waals surface area contributed by atoms with Gasteiger partial charge in [-0.2, -0.15) is 5.26 Å². The van der Waals surface area contributed by atoms with Crippen LogP contribution in [0.2, 0.25) is 0 Å². The molecule has 0 aliphatic carbocycles. The molecule has 1 aromatic carbocycles. The smallest absolute Gasteiger partial charge is 0.100 e. The monoisotopic (exact) mass is 276 g/mol. The molecule has 0 amide bonds. The molecule has 0 aliphatic rings. The van der Waals surface area contributed by atoms with Crippen LogP contribution in [0.3, 0.4) is 0 Å². The van der Waals surface area contributed by atoms with Gasteiger partial charge < -0.3 is 5.32 Å². The maximum absolute atomic E-state index is 9.24. The van der Waals surface area contributed by atoms with Gasteiger partial charge >= 0.3 is 0 Å². The van der Waals surface area contributed by atoms with Gasteiger partial charge in [-0.3, -0.25) is 0 Å². The first-order chi connectivity index (χ1) is 9.17. The zero-order valence-corrected chi connectivity index (χ0v) is 13.0. The van der Waals surface area contributed by atoms with E-state index >= 15 is 0 Å². The summed E-state index contributed by atoms with van der Waals surface area (Å²) < 4.78 is 0. The Labute approximate surface area is 121 Å². The highest BCUT2D eigenvalue weighted by atomic mass is 32.2. The van der Waals surface area contributed by atoms with Gasteiger partial charge in [0.05, 0.1) is 5.56 Å². The van der Waals surface area contributed by atoms with Crippen molar-refractivity contribution in [1.82, 2.24) is 5.32 Å². The fourth-order valence-corrected chi connectivity index (χ4v) is 2.95. The molecule has 0 saturated heterocycles. The minimum atomic E-state index is 0.718. The first-order valence-electron chi connectivity index (χ1n) is 7.04. The molecule has 0 heterocycles. The molecule has 1 aromatic rings. The number of nitrogens with zero attached hydrogens (tertiary/aromatic N) is 1. The SMILES string of the molecule is CCCNCc1ccc(SCCC(C)C)c(C#N)c1. The number of rotatable bonds is 8. The van der Waals surface area contributed by atoms with E-state index in [2.05, 4.69) is 44.3 Å². The zero-order chi connectivity index (χ0) is 14.1. The summed E-state index contributed by atoms with van der Waals surface area (Å²) in [5.74, 6) is 1.80. The number of thioether (sulfide) groups is 1. The van der Waals surface area contributed by atoms with Crippen LogP contribution in [-0.2, 0) is 6.54 Å². The normalized spacial score (nSPS) is 10.7. The Morgan fingerprint density at radius 2 is 2.16 bits per heavy atom. The van der Waals surface area contributed by atoms with Gasteiger partial charge in [-0.25, -0.2) is 0 Å². The van der Waals surface area contributed by atoms with Gasteiger partial charge in [-0.15, -0.1) is 11.8 Å². The summed E-state index contributed by atoms with van der Waals surface area (Å²) in [6.07, 6.45) is 2.32. The second-order valence-electron chi connectivity index (χ2n) is 5.15. The molecule has 0 bridgehead atoms. The van der Waals surface area contributed by atoms with Crippen LogP contribution in [0.1, 0.15) is 44.7 Å². The van der Waals surface area contributed by atoms with Crippen LogP contribution < -0.4 is 5.32 Å². The molecule has 0 fully saturated rings. The fraction of sp³-hybridized carbons (Fsp3) is 0.562. The van der Waals surface area contributed by atoms with E-state index in [1.807, 2.05) is 6.07 Å². The predicted octanol–water partition coefficient (Wildman–Crippen LogP) is 4.20. The number of nitriles is 1. The molecule has 0 aliphatic heterocycles. The molecule has 3 heteroatoms. The third-order valence-corrected chi connectivity index (χ3v) is 3.98. The lowest BCUT2D eigenvalue weighted by molar-refractivity contribution is 0.632. The Hall–Kier alpha value is -0.980. The topological polar surface area (TPSA) is 35.8 Å². The predicted molar refractivity (Wildman–Crippen MR) is 83.3 cm³/mol. The minimum Gasteiger partial charge on any atom is -0.313 e. The molecule has 0 atom stereocenters. The van der Waals surface area contributed by atoms with Crippen LogP contribution in [0, 0.1) is 17.2 Å². The van der Waals surface area contributed by atoms with Crippen molar-refractivity contribution in [2.75, 3.05) is 12.3 Å². The average molecular weight is 276 g/mol. The van der Waals surface area contributed by atoms with Crippen molar-refractivity contribution in [2.24, 2.45) is 5.92 Å².